The van der Waals surface area contributed by atoms with Gasteiger partial charge in [0.25, 0.3) is 0 Å². The molecular formula is C14H12BrF2NO. The fraction of sp³-hybridized carbons (Fsp3) is 0.214. The number of aliphatic hydroxyl groups is 1. The van der Waals surface area contributed by atoms with Gasteiger partial charge in [-0.1, -0.05) is 0 Å². The second-order valence-electron chi connectivity index (χ2n) is 4.27. The smallest absolute Gasteiger partial charge is 0.143 e. The van der Waals surface area contributed by atoms with Gasteiger partial charge in [-0.05, 0) is 52.7 Å². The number of hydrogen-bond acceptors (Lipinski definition) is 2. The highest BCUT2D eigenvalue weighted by Gasteiger charge is 2.17. The maximum atomic E-state index is 13.8. The number of hydrogen-bond donors (Lipinski definition) is 1. The topological polar surface area (TPSA) is 33.1 Å². The van der Waals surface area contributed by atoms with Crippen molar-refractivity contribution in [1.29, 1.82) is 0 Å². The molecule has 2 nitrogen and oxygen atoms in total. The number of aromatic nitrogens is 1. The van der Waals surface area contributed by atoms with E-state index in [0.29, 0.717) is 5.56 Å². The summed E-state index contributed by atoms with van der Waals surface area (Å²) in [6, 6.07) is 5.80. The number of rotatable bonds is 3. The van der Waals surface area contributed by atoms with Gasteiger partial charge < -0.3 is 5.11 Å². The molecule has 0 aliphatic carbocycles. The van der Waals surface area contributed by atoms with Crippen LogP contribution in [-0.2, 0) is 6.42 Å². The molecule has 0 aliphatic heterocycles. The lowest BCUT2D eigenvalue weighted by Crippen LogP contribution is -2.06. The van der Waals surface area contributed by atoms with Crippen LogP contribution in [0.2, 0.25) is 0 Å². The quantitative estimate of drug-likeness (QED) is 0.872. The van der Waals surface area contributed by atoms with Gasteiger partial charge in [0.1, 0.15) is 11.6 Å². The number of aliphatic hydroxyl groups excluding tert-OH is 1. The lowest BCUT2D eigenvalue weighted by atomic mass is 10.0. The molecule has 5 heteroatoms. The Hall–Kier alpha value is -1.33. The summed E-state index contributed by atoms with van der Waals surface area (Å²) >= 11 is 3.00. The summed E-state index contributed by atoms with van der Waals surface area (Å²) in [6.07, 6.45) is 0.460. The molecule has 0 saturated heterocycles. The highest BCUT2D eigenvalue weighted by atomic mass is 79.9. The molecule has 2 aromatic rings. The standard InChI is InChI=1S/C14H12BrF2NO/c1-8-6-9(4-5-18-8)13(19)7-10-12(16)3-2-11(15)14(10)17/h2-6,13,19H,7H2,1H3. The van der Waals surface area contributed by atoms with Crippen molar-refractivity contribution in [2.75, 3.05) is 0 Å². The molecular weight excluding hydrogens is 316 g/mol. The molecule has 0 fully saturated rings. The van der Waals surface area contributed by atoms with Crippen molar-refractivity contribution in [3.63, 3.8) is 0 Å². The molecule has 0 bridgehead atoms. The molecule has 0 saturated carbocycles. The Balaban J connectivity index is 2.29. The Bertz CT molecular complexity index is 604. The molecule has 100 valence electrons. The Morgan fingerprint density at radius 3 is 2.74 bits per heavy atom. The average Bonchev–Trinajstić information content (AvgIpc) is 2.39. The summed E-state index contributed by atoms with van der Waals surface area (Å²) < 4.78 is 27.6. The summed E-state index contributed by atoms with van der Waals surface area (Å²) in [6.45, 7) is 1.79. The average molecular weight is 328 g/mol. The third-order valence-corrected chi connectivity index (χ3v) is 3.45. The van der Waals surface area contributed by atoms with E-state index >= 15 is 0 Å². The molecule has 0 spiro atoms. The van der Waals surface area contributed by atoms with Crippen molar-refractivity contribution in [1.82, 2.24) is 4.98 Å². The molecule has 1 N–H and O–H groups in total. The number of pyridine rings is 1. The number of halogens is 3. The lowest BCUT2D eigenvalue weighted by molar-refractivity contribution is 0.175. The maximum Gasteiger partial charge on any atom is 0.143 e. The van der Waals surface area contributed by atoms with Gasteiger partial charge in [0, 0.05) is 23.9 Å². The van der Waals surface area contributed by atoms with E-state index in [1.54, 1.807) is 25.3 Å². The van der Waals surface area contributed by atoms with Crippen molar-refractivity contribution < 1.29 is 13.9 Å². The summed E-state index contributed by atoms with van der Waals surface area (Å²) in [4.78, 5) is 4.01. The maximum absolute atomic E-state index is 13.8. The predicted molar refractivity (Wildman–Crippen MR) is 71.7 cm³/mol. The van der Waals surface area contributed by atoms with Crippen LogP contribution in [0.3, 0.4) is 0 Å². The van der Waals surface area contributed by atoms with Gasteiger partial charge >= 0.3 is 0 Å². The van der Waals surface area contributed by atoms with Gasteiger partial charge in [-0.3, -0.25) is 4.98 Å². The summed E-state index contributed by atoms with van der Waals surface area (Å²) in [5.41, 5.74) is 1.20. The van der Waals surface area contributed by atoms with Crippen LogP contribution in [0.25, 0.3) is 0 Å². The van der Waals surface area contributed by atoms with Gasteiger partial charge in [-0.2, -0.15) is 0 Å². The minimum Gasteiger partial charge on any atom is -0.388 e. The van der Waals surface area contributed by atoms with Gasteiger partial charge in [-0.25, -0.2) is 8.78 Å². The summed E-state index contributed by atoms with van der Waals surface area (Å²) in [5, 5.41) is 10.1. The fourth-order valence-corrected chi connectivity index (χ4v) is 2.21. The zero-order valence-corrected chi connectivity index (χ0v) is 11.8. The molecule has 1 aromatic carbocycles. The molecule has 1 unspecified atom stereocenters. The van der Waals surface area contributed by atoms with Crippen LogP contribution >= 0.6 is 15.9 Å². The monoisotopic (exact) mass is 327 g/mol. The number of benzene rings is 1. The Kier molecular flexibility index (Phi) is 4.27. The van der Waals surface area contributed by atoms with Crippen LogP contribution in [0.5, 0.6) is 0 Å². The van der Waals surface area contributed by atoms with E-state index in [1.165, 1.54) is 12.1 Å². The van der Waals surface area contributed by atoms with Crippen LogP contribution in [-0.4, -0.2) is 10.1 Å². The van der Waals surface area contributed by atoms with Crippen LogP contribution in [0.1, 0.15) is 22.9 Å². The van der Waals surface area contributed by atoms with E-state index in [4.69, 9.17) is 0 Å². The van der Waals surface area contributed by atoms with Gasteiger partial charge in [0.15, 0.2) is 0 Å². The lowest BCUT2D eigenvalue weighted by Gasteiger charge is -2.13. The highest BCUT2D eigenvalue weighted by Crippen LogP contribution is 2.26. The fourth-order valence-electron chi connectivity index (χ4n) is 1.84. The second kappa shape index (κ2) is 5.75. The minimum atomic E-state index is -0.972. The third kappa shape index (κ3) is 3.16. The highest BCUT2D eigenvalue weighted by molar-refractivity contribution is 9.10. The van der Waals surface area contributed by atoms with E-state index in [2.05, 4.69) is 20.9 Å². The predicted octanol–water partition coefficient (Wildman–Crippen LogP) is 3.71. The molecule has 0 amide bonds. The van der Waals surface area contributed by atoms with E-state index in [9.17, 15) is 13.9 Å². The van der Waals surface area contributed by atoms with Crippen molar-refractivity contribution >= 4 is 15.9 Å². The summed E-state index contributed by atoms with van der Waals surface area (Å²) in [5.74, 6) is -1.34. The number of aryl methyl sites for hydroxylation is 1. The first kappa shape index (κ1) is 14.1. The molecule has 1 heterocycles. The zero-order chi connectivity index (χ0) is 14.0. The van der Waals surface area contributed by atoms with Gasteiger partial charge in [-0.15, -0.1) is 0 Å². The Labute approximate surface area is 118 Å². The first-order valence-corrected chi connectivity index (χ1v) is 6.51. The van der Waals surface area contributed by atoms with Crippen LogP contribution in [0.15, 0.2) is 34.9 Å². The van der Waals surface area contributed by atoms with Gasteiger partial charge in [0.2, 0.25) is 0 Å². The third-order valence-electron chi connectivity index (χ3n) is 2.84. The van der Waals surface area contributed by atoms with E-state index in [-0.39, 0.29) is 16.5 Å². The minimum absolute atomic E-state index is 0.124. The van der Waals surface area contributed by atoms with Crippen molar-refractivity contribution in [3.05, 3.63) is 63.4 Å². The molecule has 1 atom stereocenters. The van der Waals surface area contributed by atoms with E-state index < -0.39 is 17.7 Å². The molecule has 0 aliphatic rings. The first-order valence-electron chi connectivity index (χ1n) is 5.72. The zero-order valence-electron chi connectivity index (χ0n) is 10.2. The van der Waals surface area contributed by atoms with Crippen molar-refractivity contribution in [2.24, 2.45) is 0 Å². The molecule has 19 heavy (non-hydrogen) atoms. The van der Waals surface area contributed by atoms with E-state index in [1.807, 2.05) is 0 Å². The van der Waals surface area contributed by atoms with Crippen LogP contribution < -0.4 is 0 Å². The molecule has 2 rings (SSSR count). The van der Waals surface area contributed by atoms with Crippen molar-refractivity contribution in [3.8, 4) is 0 Å². The second-order valence-corrected chi connectivity index (χ2v) is 5.13. The van der Waals surface area contributed by atoms with Crippen molar-refractivity contribution in [2.45, 2.75) is 19.4 Å². The Morgan fingerprint density at radius 2 is 2.05 bits per heavy atom. The Morgan fingerprint density at radius 1 is 1.32 bits per heavy atom. The SMILES string of the molecule is Cc1cc(C(O)Cc2c(F)ccc(Br)c2F)ccn1. The molecule has 0 radical (unpaired) electrons. The summed E-state index contributed by atoms with van der Waals surface area (Å²) in [7, 11) is 0. The molecule has 1 aromatic heterocycles. The van der Waals surface area contributed by atoms with E-state index in [0.717, 1.165) is 5.69 Å². The number of nitrogens with zero attached hydrogens (tertiary/aromatic N) is 1. The largest absolute Gasteiger partial charge is 0.388 e. The van der Waals surface area contributed by atoms with Gasteiger partial charge in [0.05, 0.1) is 10.6 Å². The first-order chi connectivity index (χ1) is 8.99. The normalized spacial score (nSPS) is 12.5. The van der Waals surface area contributed by atoms with Crippen LogP contribution in [0.4, 0.5) is 8.78 Å². The van der Waals surface area contributed by atoms with Crippen LogP contribution in [0, 0.1) is 18.6 Å².